The number of hydrogen-bond acceptors (Lipinski definition) is 4. The Bertz CT molecular complexity index is 345. The van der Waals surface area contributed by atoms with Gasteiger partial charge >= 0.3 is 6.01 Å². The molecule has 0 saturated carbocycles. The van der Waals surface area contributed by atoms with E-state index in [1.165, 1.54) is 13.3 Å². The molecule has 0 atom stereocenters. The van der Waals surface area contributed by atoms with Gasteiger partial charge in [0.15, 0.2) is 5.82 Å². The van der Waals surface area contributed by atoms with Crippen molar-refractivity contribution in [3.63, 3.8) is 0 Å². The summed E-state index contributed by atoms with van der Waals surface area (Å²) < 4.78 is 5.67. The first-order chi connectivity index (χ1) is 6.63. The lowest BCUT2D eigenvalue weighted by molar-refractivity contribution is 0.380. The first-order valence-electron chi connectivity index (χ1n) is 3.77. The first kappa shape index (κ1) is 11.3. The highest BCUT2D eigenvalue weighted by Gasteiger charge is 2.04. The van der Waals surface area contributed by atoms with Gasteiger partial charge in [-0.3, -0.25) is 0 Å². The van der Waals surface area contributed by atoms with Gasteiger partial charge in [-0.05, 0) is 0 Å². The Labute approximate surface area is 95.5 Å². The Balaban J connectivity index is 2.78. The normalized spacial score (nSPS) is 9.64. The number of halogens is 2. The molecule has 0 aromatic carbocycles. The molecule has 76 valence electrons. The maximum atomic E-state index is 5.85. The number of hydrogen-bond donors (Lipinski definition) is 1. The zero-order valence-electron chi connectivity index (χ0n) is 7.55. The van der Waals surface area contributed by atoms with E-state index < -0.39 is 0 Å². The summed E-state index contributed by atoms with van der Waals surface area (Å²) in [5.41, 5.74) is 0. The van der Waals surface area contributed by atoms with Crippen LogP contribution >= 0.6 is 27.5 Å². The predicted octanol–water partition coefficient (Wildman–Crippen LogP) is 2.46. The fourth-order valence-corrected chi connectivity index (χ4v) is 1.05. The van der Waals surface area contributed by atoms with Crippen molar-refractivity contribution in [2.24, 2.45) is 0 Å². The van der Waals surface area contributed by atoms with Crippen molar-refractivity contribution in [3.05, 3.63) is 22.3 Å². The van der Waals surface area contributed by atoms with Gasteiger partial charge in [-0.15, -0.1) is 0 Å². The van der Waals surface area contributed by atoms with Gasteiger partial charge in [0.05, 0.1) is 13.3 Å². The maximum Gasteiger partial charge on any atom is 0.318 e. The van der Waals surface area contributed by atoms with E-state index in [2.05, 4.69) is 37.8 Å². The molecule has 1 aromatic heterocycles. The molecule has 0 fully saturated rings. The number of anilines is 1. The lowest BCUT2D eigenvalue weighted by Crippen LogP contribution is -2.04. The van der Waals surface area contributed by atoms with Gasteiger partial charge in [-0.1, -0.05) is 34.1 Å². The first-order valence-corrected chi connectivity index (χ1v) is 4.94. The fourth-order valence-electron chi connectivity index (χ4n) is 0.753. The third kappa shape index (κ3) is 3.16. The summed E-state index contributed by atoms with van der Waals surface area (Å²) in [4.78, 5) is 7.87. The van der Waals surface area contributed by atoms with Crippen LogP contribution in [0.4, 0.5) is 5.82 Å². The minimum atomic E-state index is 0.275. The van der Waals surface area contributed by atoms with Crippen LogP contribution in [0.25, 0.3) is 0 Å². The molecule has 4 nitrogen and oxygen atoms in total. The minimum Gasteiger partial charge on any atom is -0.467 e. The highest BCUT2D eigenvalue weighted by Crippen LogP contribution is 2.20. The summed E-state index contributed by atoms with van der Waals surface area (Å²) >= 11 is 9.07. The van der Waals surface area contributed by atoms with Crippen LogP contribution in [0.15, 0.2) is 17.3 Å². The van der Waals surface area contributed by atoms with Crippen molar-refractivity contribution in [3.8, 4) is 6.01 Å². The molecule has 1 rings (SSSR count). The molecular weight excluding hydrogens is 269 g/mol. The van der Waals surface area contributed by atoms with Crippen LogP contribution in [0.1, 0.15) is 0 Å². The second kappa shape index (κ2) is 5.17. The van der Waals surface area contributed by atoms with E-state index in [0.29, 0.717) is 17.4 Å². The SMILES string of the molecule is C=C(Br)CNc1nc(OC)ncc1Cl. The Morgan fingerprint density at radius 1 is 1.79 bits per heavy atom. The molecule has 0 aliphatic heterocycles. The van der Waals surface area contributed by atoms with E-state index in [-0.39, 0.29) is 6.01 Å². The van der Waals surface area contributed by atoms with Crippen molar-refractivity contribution >= 4 is 33.3 Å². The van der Waals surface area contributed by atoms with Crippen molar-refractivity contribution in [2.75, 3.05) is 19.0 Å². The van der Waals surface area contributed by atoms with Gasteiger partial charge in [-0.25, -0.2) is 4.98 Å². The van der Waals surface area contributed by atoms with Crippen molar-refractivity contribution < 1.29 is 4.74 Å². The number of nitrogens with zero attached hydrogens (tertiary/aromatic N) is 2. The molecule has 0 spiro atoms. The predicted molar refractivity (Wildman–Crippen MR) is 60.2 cm³/mol. The Morgan fingerprint density at radius 3 is 3.07 bits per heavy atom. The molecule has 0 unspecified atom stereocenters. The number of ether oxygens (including phenoxy) is 1. The zero-order chi connectivity index (χ0) is 10.6. The van der Waals surface area contributed by atoms with Gasteiger partial charge in [0.1, 0.15) is 5.02 Å². The molecule has 6 heteroatoms. The monoisotopic (exact) mass is 277 g/mol. The van der Waals surface area contributed by atoms with Crippen molar-refractivity contribution in [1.29, 1.82) is 0 Å². The molecule has 0 radical (unpaired) electrons. The van der Waals surface area contributed by atoms with E-state index in [1.54, 1.807) is 0 Å². The van der Waals surface area contributed by atoms with Crippen LogP contribution in [0.2, 0.25) is 5.02 Å². The molecule has 14 heavy (non-hydrogen) atoms. The summed E-state index contributed by atoms with van der Waals surface area (Å²) in [5, 5.41) is 3.42. The lowest BCUT2D eigenvalue weighted by Gasteiger charge is -2.06. The molecular formula is C8H9BrClN3O. The number of rotatable bonds is 4. The number of methoxy groups -OCH3 is 1. The van der Waals surface area contributed by atoms with Crippen LogP contribution in [-0.2, 0) is 0 Å². The summed E-state index contributed by atoms with van der Waals surface area (Å²) in [7, 11) is 1.50. The van der Waals surface area contributed by atoms with Gasteiger partial charge in [0.2, 0.25) is 0 Å². The van der Waals surface area contributed by atoms with Crippen molar-refractivity contribution in [1.82, 2.24) is 9.97 Å². The van der Waals surface area contributed by atoms with E-state index >= 15 is 0 Å². The van der Waals surface area contributed by atoms with Crippen LogP contribution in [0.3, 0.4) is 0 Å². The lowest BCUT2D eigenvalue weighted by atomic mass is 10.5. The van der Waals surface area contributed by atoms with Crippen LogP contribution in [0.5, 0.6) is 6.01 Å². The topological polar surface area (TPSA) is 47.0 Å². The Kier molecular flexibility index (Phi) is 4.16. The number of nitrogens with one attached hydrogen (secondary N) is 1. The molecule has 1 N–H and O–H groups in total. The van der Waals surface area contributed by atoms with Crippen molar-refractivity contribution in [2.45, 2.75) is 0 Å². The smallest absolute Gasteiger partial charge is 0.318 e. The highest BCUT2D eigenvalue weighted by atomic mass is 79.9. The molecule has 1 aromatic rings. The minimum absolute atomic E-state index is 0.275. The molecule has 0 saturated heterocycles. The van der Waals surface area contributed by atoms with Crippen LogP contribution in [-0.4, -0.2) is 23.6 Å². The van der Waals surface area contributed by atoms with E-state index in [0.717, 1.165) is 4.48 Å². The van der Waals surface area contributed by atoms with E-state index in [9.17, 15) is 0 Å². The highest BCUT2D eigenvalue weighted by molar-refractivity contribution is 9.11. The van der Waals surface area contributed by atoms with Gasteiger partial charge in [0, 0.05) is 11.0 Å². The average molecular weight is 279 g/mol. The Hall–Kier alpha value is -0.810. The van der Waals surface area contributed by atoms with E-state index in [4.69, 9.17) is 16.3 Å². The second-order valence-corrected chi connectivity index (χ2v) is 3.95. The fraction of sp³-hybridized carbons (Fsp3) is 0.250. The molecule has 1 heterocycles. The summed E-state index contributed by atoms with van der Waals surface area (Å²) in [6, 6.07) is 0.275. The van der Waals surface area contributed by atoms with Gasteiger partial charge in [0.25, 0.3) is 0 Å². The molecule has 0 aliphatic rings. The summed E-state index contributed by atoms with van der Waals surface area (Å²) in [6.07, 6.45) is 1.48. The number of aromatic nitrogens is 2. The average Bonchev–Trinajstić information content (AvgIpc) is 2.16. The van der Waals surface area contributed by atoms with Crippen LogP contribution < -0.4 is 10.1 Å². The quantitative estimate of drug-likeness (QED) is 0.919. The summed E-state index contributed by atoms with van der Waals surface area (Å²) in [5.74, 6) is 0.527. The van der Waals surface area contributed by atoms with Gasteiger partial charge in [-0.2, -0.15) is 4.98 Å². The Morgan fingerprint density at radius 2 is 2.50 bits per heavy atom. The molecule has 0 bridgehead atoms. The maximum absolute atomic E-state index is 5.85. The van der Waals surface area contributed by atoms with E-state index in [1.807, 2.05) is 0 Å². The largest absolute Gasteiger partial charge is 0.467 e. The second-order valence-electron chi connectivity index (χ2n) is 2.42. The zero-order valence-corrected chi connectivity index (χ0v) is 9.89. The third-order valence-electron chi connectivity index (χ3n) is 1.35. The van der Waals surface area contributed by atoms with Crippen LogP contribution in [0, 0.1) is 0 Å². The standard InChI is InChI=1S/C8H9BrClN3O/c1-5(9)3-11-7-6(10)4-12-8(13-7)14-2/h4H,1,3H2,2H3,(H,11,12,13). The molecule has 0 amide bonds. The summed E-state index contributed by atoms with van der Waals surface area (Å²) in [6.45, 7) is 4.22. The molecule has 0 aliphatic carbocycles. The van der Waals surface area contributed by atoms with Gasteiger partial charge < -0.3 is 10.1 Å². The third-order valence-corrected chi connectivity index (χ3v) is 1.91.